The minimum atomic E-state index is 0. The first kappa shape index (κ1) is 25.5. The fraction of sp³-hybridized carbons (Fsp3) is 0.696. The summed E-state index contributed by atoms with van der Waals surface area (Å²) in [6.07, 6.45) is 4.79. The highest BCUT2D eigenvalue weighted by atomic mass is 127. The van der Waals surface area contributed by atoms with Crippen LogP contribution in [0, 0.1) is 18.8 Å². The van der Waals surface area contributed by atoms with Crippen molar-refractivity contribution in [3.8, 4) is 0 Å². The van der Waals surface area contributed by atoms with Gasteiger partial charge in [-0.3, -0.25) is 4.99 Å². The Balaban J connectivity index is 0.00000320. The molecule has 0 aliphatic carbocycles. The fourth-order valence-corrected chi connectivity index (χ4v) is 4.49. The van der Waals surface area contributed by atoms with Gasteiger partial charge in [0.05, 0.1) is 0 Å². The molecule has 0 spiro atoms. The van der Waals surface area contributed by atoms with E-state index < -0.39 is 0 Å². The largest absolute Gasteiger partial charge is 0.381 e. The second-order valence-corrected chi connectivity index (χ2v) is 8.93. The Kier molecular flexibility index (Phi) is 11.0. The van der Waals surface area contributed by atoms with Crippen LogP contribution in [0.25, 0.3) is 0 Å². The van der Waals surface area contributed by atoms with Crippen LogP contribution < -0.4 is 10.2 Å². The lowest BCUT2D eigenvalue weighted by atomic mass is 9.96. The molecule has 5 nitrogen and oxygen atoms in total. The second kappa shape index (κ2) is 13.0. The number of benzene rings is 1. The van der Waals surface area contributed by atoms with E-state index in [0.717, 1.165) is 62.8 Å². The Morgan fingerprint density at radius 3 is 2.77 bits per heavy atom. The lowest BCUT2D eigenvalue weighted by Gasteiger charge is -2.27. The van der Waals surface area contributed by atoms with Gasteiger partial charge in [0.15, 0.2) is 5.96 Å². The maximum absolute atomic E-state index is 6.22. The van der Waals surface area contributed by atoms with E-state index in [1.807, 2.05) is 6.07 Å². The van der Waals surface area contributed by atoms with Crippen molar-refractivity contribution in [2.45, 2.75) is 39.5 Å². The summed E-state index contributed by atoms with van der Waals surface area (Å²) >= 11 is 6.22. The predicted octanol–water partition coefficient (Wildman–Crippen LogP) is 4.81. The first-order valence-corrected chi connectivity index (χ1v) is 11.5. The van der Waals surface area contributed by atoms with E-state index in [1.165, 1.54) is 36.9 Å². The molecule has 1 aromatic carbocycles. The van der Waals surface area contributed by atoms with Crippen LogP contribution >= 0.6 is 35.6 Å². The van der Waals surface area contributed by atoms with Gasteiger partial charge in [-0.15, -0.1) is 24.0 Å². The first-order valence-electron chi connectivity index (χ1n) is 11.1. The molecule has 2 saturated heterocycles. The van der Waals surface area contributed by atoms with Crippen LogP contribution in [-0.2, 0) is 4.74 Å². The summed E-state index contributed by atoms with van der Waals surface area (Å²) in [6.45, 7) is 11.1. The highest BCUT2D eigenvalue weighted by Gasteiger charge is 2.24. The number of guanidine groups is 1. The summed E-state index contributed by atoms with van der Waals surface area (Å²) in [4.78, 5) is 9.74. The van der Waals surface area contributed by atoms with Crippen LogP contribution in [0.4, 0.5) is 5.69 Å². The predicted molar refractivity (Wildman–Crippen MR) is 139 cm³/mol. The number of rotatable bonds is 7. The van der Waals surface area contributed by atoms with Crippen LogP contribution in [0.5, 0.6) is 0 Å². The van der Waals surface area contributed by atoms with Crippen molar-refractivity contribution in [1.29, 1.82) is 0 Å². The van der Waals surface area contributed by atoms with Gasteiger partial charge in [0.25, 0.3) is 0 Å². The van der Waals surface area contributed by atoms with Crippen LogP contribution in [0.3, 0.4) is 0 Å². The van der Waals surface area contributed by atoms with Gasteiger partial charge < -0.3 is 19.9 Å². The zero-order valence-electron chi connectivity index (χ0n) is 18.7. The van der Waals surface area contributed by atoms with Crippen molar-refractivity contribution in [1.82, 2.24) is 10.2 Å². The number of nitrogens with one attached hydrogen (secondary N) is 1. The van der Waals surface area contributed by atoms with E-state index in [-0.39, 0.29) is 24.0 Å². The summed E-state index contributed by atoms with van der Waals surface area (Å²) in [5.74, 6) is 2.42. The number of halogens is 2. The summed E-state index contributed by atoms with van der Waals surface area (Å²) in [5.41, 5.74) is 2.56. The molecule has 1 unspecified atom stereocenters. The Morgan fingerprint density at radius 2 is 2.03 bits per heavy atom. The van der Waals surface area contributed by atoms with Crippen molar-refractivity contribution < 1.29 is 4.74 Å². The van der Waals surface area contributed by atoms with E-state index in [4.69, 9.17) is 21.3 Å². The smallest absolute Gasteiger partial charge is 0.193 e. The minimum absolute atomic E-state index is 0. The Morgan fingerprint density at radius 1 is 1.27 bits per heavy atom. The van der Waals surface area contributed by atoms with Gasteiger partial charge in [0.2, 0.25) is 0 Å². The van der Waals surface area contributed by atoms with Gasteiger partial charge in [-0.25, -0.2) is 0 Å². The Bertz CT molecular complexity index is 681. The molecule has 0 radical (unpaired) electrons. The zero-order valence-corrected chi connectivity index (χ0v) is 21.8. The van der Waals surface area contributed by atoms with Crippen molar-refractivity contribution in [2.24, 2.45) is 16.8 Å². The molecule has 1 aromatic rings. The number of ether oxygens (including phenoxy) is 1. The molecular formula is C23H38ClIN4O. The lowest BCUT2D eigenvalue weighted by molar-refractivity contribution is 0.0625. The number of aliphatic imine (C=N–C) groups is 1. The second-order valence-electron chi connectivity index (χ2n) is 8.49. The molecule has 7 heteroatoms. The van der Waals surface area contributed by atoms with Crippen LogP contribution in [0.1, 0.15) is 38.2 Å². The van der Waals surface area contributed by atoms with Crippen molar-refractivity contribution in [2.75, 3.05) is 57.9 Å². The van der Waals surface area contributed by atoms with E-state index in [9.17, 15) is 0 Å². The third-order valence-corrected chi connectivity index (χ3v) is 6.44. The van der Waals surface area contributed by atoms with Crippen molar-refractivity contribution in [3.05, 3.63) is 28.8 Å². The monoisotopic (exact) mass is 548 g/mol. The maximum atomic E-state index is 6.22. The zero-order chi connectivity index (χ0) is 20.6. The van der Waals surface area contributed by atoms with Gasteiger partial charge in [-0.05, 0) is 69.1 Å². The molecule has 170 valence electrons. The molecule has 0 saturated carbocycles. The third kappa shape index (κ3) is 7.45. The number of hydrogen-bond donors (Lipinski definition) is 1. The number of hydrogen-bond acceptors (Lipinski definition) is 3. The van der Waals surface area contributed by atoms with Gasteiger partial charge in [0, 0.05) is 63.7 Å². The van der Waals surface area contributed by atoms with Crippen molar-refractivity contribution in [3.63, 3.8) is 0 Å². The highest BCUT2D eigenvalue weighted by Crippen LogP contribution is 2.29. The van der Waals surface area contributed by atoms with E-state index in [1.54, 1.807) is 0 Å². The molecular weight excluding hydrogens is 511 g/mol. The quantitative estimate of drug-likeness (QED) is 0.302. The Hall–Kier alpha value is -0.730. The van der Waals surface area contributed by atoms with Gasteiger partial charge in [-0.1, -0.05) is 17.7 Å². The molecule has 0 aromatic heterocycles. The molecule has 2 fully saturated rings. The number of aryl methyl sites for hydroxylation is 1. The van der Waals surface area contributed by atoms with E-state index >= 15 is 0 Å². The average Bonchev–Trinajstić information content (AvgIpc) is 3.20. The molecule has 2 aliphatic rings. The molecule has 3 rings (SSSR count). The molecule has 1 atom stereocenters. The van der Waals surface area contributed by atoms with Gasteiger partial charge in [0.1, 0.15) is 0 Å². The third-order valence-electron chi connectivity index (χ3n) is 6.21. The number of anilines is 1. The summed E-state index contributed by atoms with van der Waals surface area (Å²) in [7, 11) is 2.16. The molecule has 2 aliphatic heterocycles. The maximum Gasteiger partial charge on any atom is 0.193 e. The molecule has 2 heterocycles. The normalized spacial score (nSPS) is 20.2. The van der Waals surface area contributed by atoms with Gasteiger partial charge in [-0.2, -0.15) is 0 Å². The topological polar surface area (TPSA) is 40.1 Å². The minimum Gasteiger partial charge on any atom is -0.381 e. The number of nitrogens with zero attached hydrogens (tertiary/aromatic N) is 3. The average molecular weight is 549 g/mol. The summed E-state index contributed by atoms with van der Waals surface area (Å²) < 4.78 is 5.48. The Labute approximate surface area is 204 Å². The van der Waals surface area contributed by atoms with E-state index in [2.05, 4.69) is 48.1 Å². The lowest BCUT2D eigenvalue weighted by Crippen LogP contribution is -2.40. The molecule has 30 heavy (non-hydrogen) atoms. The van der Waals surface area contributed by atoms with E-state index in [0.29, 0.717) is 5.92 Å². The molecule has 1 N–H and O–H groups in total. The van der Waals surface area contributed by atoms with Gasteiger partial charge >= 0.3 is 0 Å². The SMILES string of the molecule is CCNC(=NCC1CCN(c2cc(Cl)ccc2C)C1)N(C)CCC1CCOCC1.I. The molecule has 0 amide bonds. The van der Waals surface area contributed by atoms with Crippen molar-refractivity contribution >= 4 is 47.2 Å². The first-order chi connectivity index (χ1) is 14.1. The van der Waals surface area contributed by atoms with Crippen LogP contribution in [-0.4, -0.2) is 63.8 Å². The molecule has 0 bridgehead atoms. The standard InChI is InChI=1S/C23H37ClN4O.HI/c1-4-25-23(27(3)11-7-19-9-13-29-14-10-19)26-16-20-8-12-28(17-20)22-15-21(24)6-5-18(22)2;/h5-6,15,19-20H,4,7-14,16-17H2,1-3H3,(H,25,26);1H. The summed E-state index contributed by atoms with van der Waals surface area (Å²) in [6, 6.07) is 6.17. The fourth-order valence-electron chi connectivity index (χ4n) is 4.33. The van der Waals surface area contributed by atoms with Crippen LogP contribution in [0.2, 0.25) is 5.02 Å². The van der Waals surface area contributed by atoms with Crippen LogP contribution in [0.15, 0.2) is 23.2 Å². The highest BCUT2D eigenvalue weighted by molar-refractivity contribution is 14.0. The summed E-state index contributed by atoms with van der Waals surface area (Å²) in [5, 5.41) is 4.29.